The van der Waals surface area contributed by atoms with Crippen LogP contribution in [0.4, 0.5) is 13.2 Å². The van der Waals surface area contributed by atoms with Crippen molar-refractivity contribution in [3.8, 4) is 5.88 Å². The van der Waals surface area contributed by atoms with Crippen LogP contribution in [-0.4, -0.2) is 61.3 Å². The van der Waals surface area contributed by atoms with Gasteiger partial charge in [0.2, 0.25) is 11.8 Å². The molecule has 1 atom stereocenters. The number of aromatic nitrogens is 3. The van der Waals surface area contributed by atoms with Crippen LogP contribution < -0.4 is 10.9 Å². The van der Waals surface area contributed by atoms with E-state index in [2.05, 4.69) is 10.4 Å². The number of fused-ring (bicyclic) bond motifs is 1. The van der Waals surface area contributed by atoms with Crippen molar-refractivity contribution in [3.63, 3.8) is 0 Å². The minimum atomic E-state index is -4.35. The van der Waals surface area contributed by atoms with E-state index < -0.39 is 47.5 Å². The number of hydrogen-bond donors (Lipinski definition) is 2. The molecule has 0 spiro atoms. The zero-order valence-electron chi connectivity index (χ0n) is 18.8. The second-order valence-corrected chi connectivity index (χ2v) is 9.24. The third kappa shape index (κ3) is 4.66. The van der Waals surface area contributed by atoms with Crippen LogP contribution in [0.25, 0.3) is 11.7 Å². The molecule has 1 aliphatic carbocycles. The first-order valence-corrected chi connectivity index (χ1v) is 11.2. The van der Waals surface area contributed by atoms with Crippen LogP contribution in [0.3, 0.4) is 0 Å². The number of aromatic hydroxyl groups is 1. The van der Waals surface area contributed by atoms with Crippen molar-refractivity contribution in [2.75, 3.05) is 13.1 Å². The predicted molar refractivity (Wildman–Crippen MR) is 116 cm³/mol. The van der Waals surface area contributed by atoms with Crippen molar-refractivity contribution >= 4 is 23.5 Å². The summed E-state index contributed by atoms with van der Waals surface area (Å²) in [5, 5.41) is 17.6. The highest BCUT2D eigenvalue weighted by Crippen LogP contribution is 2.33. The summed E-state index contributed by atoms with van der Waals surface area (Å²) in [4.78, 5) is 39.2. The van der Waals surface area contributed by atoms with Crippen LogP contribution in [0.15, 0.2) is 17.1 Å². The maximum absolute atomic E-state index is 13.0. The van der Waals surface area contributed by atoms with Gasteiger partial charge in [-0.3, -0.25) is 19.0 Å². The number of carbonyl (C=O) groups excluding carboxylic acids is 2. The Labute approximate surface area is 192 Å². The molecule has 2 N–H and O–H groups in total. The second-order valence-electron chi connectivity index (χ2n) is 9.24. The summed E-state index contributed by atoms with van der Waals surface area (Å²) in [7, 11) is 0. The topological polar surface area (TPSA) is 109 Å². The Bertz CT molecular complexity index is 1210. The molecule has 2 aromatic heterocycles. The van der Waals surface area contributed by atoms with Gasteiger partial charge in [-0.25, -0.2) is 0 Å². The molecular formula is C22H26F3N5O4. The quantitative estimate of drug-likeness (QED) is 0.615. The summed E-state index contributed by atoms with van der Waals surface area (Å²) in [5.41, 5.74) is -0.728. The number of carbonyl (C=O) groups is 2. The third-order valence-corrected chi connectivity index (χ3v) is 5.97. The van der Waals surface area contributed by atoms with Gasteiger partial charge in [0.1, 0.15) is 5.65 Å². The number of alkyl halides is 3. The summed E-state index contributed by atoms with van der Waals surface area (Å²) in [6.07, 6.45) is 0.904. The molecule has 1 saturated carbocycles. The molecular weight excluding hydrogens is 455 g/mol. The van der Waals surface area contributed by atoms with E-state index in [4.69, 9.17) is 0 Å². The van der Waals surface area contributed by atoms with Crippen molar-refractivity contribution in [2.24, 2.45) is 11.8 Å². The highest BCUT2D eigenvalue weighted by molar-refractivity contribution is 5.97. The fourth-order valence-electron chi connectivity index (χ4n) is 4.04. The first kappa shape index (κ1) is 23.8. The van der Waals surface area contributed by atoms with Gasteiger partial charge in [-0.15, -0.1) is 0 Å². The largest absolute Gasteiger partial charge is 0.494 e. The van der Waals surface area contributed by atoms with Crippen LogP contribution in [0.5, 0.6) is 5.88 Å². The maximum atomic E-state index is 13.0. The first-order chi connectivity index (χ1) is 16.0. The number of amides is 2. The zero-order chi connectivity index (χ0) is 24.8. The molecule has 12 heteroatoms. The van der Waals surface area contributed by atoms with E-state index >= 15 is 0 Å². The Kier molecular flexibility index (Phi) is 6.17. The van der Waals surface area contributed by atoms with E-state index in [9.17, 15) is 32.7 Å². The molecule has 0 bridgehead atoms. The molecule has 2 aliphatic rings. The molecule has 1 aliphatic heterocycles. The lowest BCUT2D eigenvalue weighted by Gasteiger charge is -2.17. The molecule has 4 rings (SSSR count). The van der Waals surface area contributed by atoms with E-state index in [1.54, 1.807) is 0 Å². The smallest absolute Gasteiger partial charge is 0.393 e. The van der Waals surface area contributed by atoms with Crippen molar-refractivity contribution in [1.82, 2.24) is 24.4 Å². The molecule has 2 amide bonds. The Morgan fingerprint density at radius 1 is 1.29 bits per heavy atom. The molecule has 0 radical (unpaired) electrons. The molecule has 3 heterocycles. The average molecular weight is 481 g/mol. The van der Waals surface area contributed by atoms with Crippen molar-refractivity contribution in [3.05, 3.63) is 33.8 Å². The Hall–Kier alpha value is -3.31. The summed E-state index contributed by atoms with van der Waals surface area (Å²) in [6.45, 7) is 3.62. The molecule has 1 unspecified atom stereocenters. The van der Waals surface area contributed by atoms with E-state index in [-0.39, 0.29) is 37.1 Å². The van der Waals surface area contributed by atoms with Gasteiger partial charge >= 0.3 is 6.18 Å². The van der Waals surface area contributed by atoms with Crippen LogP contribution in [0.2, 0.25) is 0 Å². The Balaban J connectivity index is 1.68. The van der Waals surface area contributed by atoms with E-state index in [0.29, 0.717) is 5.56 Å². The van der Waals surface area contributed by atoms with Gasteiger partial charge in [0, 0.05) is 37.3 Å². The normalized spacial score (nSPS) is 19.0. The Morgan fingerprint density at radius 2 is 2.00 bits per heavy atom. The van der Waals surface area contributed by atoms with Gasteiger partial charge in [-0.05, 0) is 31.3 Å². The summed E-state index contributed by atoms with van der Waals surface area (Å²) in [5.74, 6) is -3.30. The maximum Gasteiger partial charge on any atom is 0.393 e. The van der Waals surface area contributed by atoms with Gasteiger partial charge in [0.05, 0.1) is 12.1 Å². The minimum absolute atomic E-state index is 0.000418. The van der Waals surface area contributed by atoms with Crippen molar-refractivity contribution in [2.45, 2.75) is 51.9 Å². The second kappa shape index (κ2) is 8.80. The molecule has 9 nitrogen and oxygen atoms in total. The minimum Gasteiger partial charge on any atom is -0.494 e. The number of hydrogen-bond acceptors (Lipinski definition) is 5. The summed E-state index contributed by atoms with van der Waals surface area (Å²) < 4.78 is 41.1. The first-order valence-electron chi connectivity index (χ1n) is 11.2. The molecule has 2 fully saturated rings. The highest BCUT2D eigenvalue weighted by atomic mass is 19.4. The predicted octanol–water partition coefficient (Wildman–Crippen LogP) is 2.17. The third-order valence-electron chi connectivity index (χ3n) is 5.97. The number of nitrogens with one attached hydrogen (secondary N) is 1. The molecule has 34 heavy (non-hydrogen) atoms. The number of nitrogens with zero attached hydrogens (tertiary/aromatic N) is 4. The summed E-state index contributed by atoms with van der Waals surface area (Å²) in [6, 6.07) is -0.0230. The van der Waals surface area contributed by atoms with Gasteiger partial charge in [-0.1, -0.05) is 13.8 Å². The number of likely N-dealkylation sites (tertiary alicyclic amines) is 1. The number of halogens is 3. The molecule has 0 aromatic carbocycles. The zero-order valence-corrected chi connectivity index (χ0v) is 18.8. The summed E-state index contributed by atoms with van der Waals surface area (Å²) >= 11 is 0. The van der Waals surface area contributed by atoms with Crippen LogP contribution in [-0.2, 0) is 11.3 Å². The van der Waals surface area contributed by atoms with Gasteiger partial charge in [-0.2, -0.15) is 22.8 Å². The van der Waals surface area contributed by atoms with Crippen LogP contribution in [0.1, 0.15) is 49.0 Å². The van der Waals surface area contributed by atoms with Gasteiger partial charge < -0.3 is 15.3 Å². The monoisotopic (exact) mass is 481 g/mol. The van der Waals surface area contributed by atoms with Crippen LogP contribution in [0, 0.1) is 11.8 Å². The van der Waals surface area contributed by atoms with Crippen molar-refractivity contribution in [1.29, 1.82) is 0 Å². The number of rotatable bonds is 6. The van der Waals surface area contributed by atoms with E-state index in [1.807, 2.05) is 13.8 Å². The van der Waals surface area contributed by atoms with Crippen molar-refractivity contribution < 1.29 is 27.9 Å². The van der Waals surface area contributed by atoms with E-state index in [1.165, 1.54) is 16.8 Å². The molecule has 2 aromatic rings. The van der Waals surface area contributed by atoms with Gasteiger partial charge in [0.25, 0.3) is 11.5 Å². The SMILES string of the molecule is CC(C)Cn1c(O)c(C(=O)NC2CC2)c(=O)n2ncc(C=CC(=O)N3CCC(C(F)(F)F)C3)c12. The average Bonchev–Trinajstić information content (AvgIpc) is 3.25. The fraction of sp³-hybridized carbons (Fsp3) is 0.545. The van der Waals surface area contributed by atoms with Gasteiger partial charge in [0.15, 0.2) is 5.56 Å². The lowest BCUT2D eigenvalue weighted by molar-refractivity contribution is -0.170. The lowest BCUT2D eigenvalue weighted by atomic mass is 10.1. The molecule has 184 valence electrons. The molecule has 1 saturated heterocycles. The lowest BCUT2D eigenvalue weighted by Crippen LogP contribution is -2.34. The fourth-order valence-corrected chi connectivity index (χ4v) is 4.04. The van der Waals surface area contributed by atoms with E-state index in [0.717, 1.165) is 28.3 Å². The Morgan fingerprint density at radius 3 is 2.59 bits per heavy atom. The van der Waals surface area contributed by atoms with Crippen LogP contribution >= 0.6 is 0 Å². The highest BCUT2D eigenvalue weighted by Gasteiger charge is 2.44. The standard InChI is InChI=1S/C22H26F3N5O4/c1-12(2)10-29-19-13(3-6-16(31)28-8-7-14(11-28)22(23,24)25)9-26-30(19)21(34)17(20(29)33)18(32)27-15-4-5-15/h3,6,9,12,14-15,33H,4-5,7-8,10-11H2,1-2H3,(H,27,32).